The first kappa shape index (κ1) is 10.8. The van der Waals surface area contributed by atoms with Crippen molar-refractivity contribution in [2.45, 2.75) is 13.5 Å². The Balaban J connectivity index is 2.02. The highest BCUT2D eigenvalue weighted by atomic mass is 35.5. The normalized spacial score (nSPS) is 10.1. The third-order valence-corrected chi connectivity index (χ3v) is 2.21. The molecule has 1 N–H and O–H groups in total. The van der Waals surface area contributed by atoms with Crippen molar-refractivity contribution in [3.63, 3.8) is 0 Å². The Morgan fingerprint density at radius 1 is 1.25 bits per heavy atom. The molecule has 0 spiro atoms. The van der Waals surface area contributed by atoms with Gasteiger partial charge in [0, 0.05) is 6.20 Å². The maximum Gasteiger partial charge on any atom is 0.131 e. The van der Waals surface area contributed by atoms with E-state index < -0.39 is 0 Å². The van der Waals surface area contributed by atoms with Crippen LogP contribution in [0.3, 0.4) is 0 Å². The van der Waals surface area contributed by atoms with E-state index in [1.807, 2.05) is 25.1 Å². The van der Waals surface area contributed by atoms with Crippen LogP contribution < -0.4 is 5.32 Å². The molecule has 0 aliphatic carbocycles. The molecule has 0 aliphatic heterocycles. The fourth-order valence-corrected chi connectivity index (χ4v) is 1.46. The van der Waals surface area contributed by atoms with Crippen LogP contribution in [0.2, 0.25) is 5.15 Å². The lowest BCUT2D eigenvalue weighted by Crippen LogP contribution is -2.04. The molecule has 2 aromatic rings. The molecule has 5 heteroatoms. The van der Waals surface area contributed by atoms with Gasteiger partial charge in [-0.15, -0.1) is 0 Å². The number of rotatable bonds is 3. The molecule has 0 atom stereocenters. The first-order valence-corrected chi connectivity index (χ1v) is 5.27. The minimum absolute atomic E-state index is 0.476. The molecule has 4 nitrogen and oxygen atoms in total. The highest BCUT2D eigenvalue weighted by Gasteiger charge is 1.97. The Bertz CT molecular complexity index is 441. The molecule has 82 valence electrons. The lowest BCUT2D eigenvalue weighted by Gasteiger charge is -2.05. The zero-order valence-corrected chi connectivity index (χ0v) is 9.57. The van der Waals surface area contributed by atoms with Gasteiger partial charge in [-0.3, -0.25) is 0 Å². The van der Waals surface area contributed by atoms with Gasteiger partial charge in [-0.1, -0.05) is 17.7 Å². The molecule has 0 saturated heterocycles. The summed E-state index contributed by atoms with van der Waals surface area (Å²) in [5, 5.41) is 3.62. The largest absolute Gasteiger partial charge is 0.364 e. The summed E-state index contributed by atoms with van der Waals surface area (Å²) < 4.78 is 0. The van der Waals surface area contributed by atoms with Crippen LogP contribution in [0.25, 0.3) is 0 Å². The highest BCUT2D eigenvalue weighted by Crippen LogP contribution is 2.09. The van der Waals surface area contributed by atoms with Crippen LogP contribution in [0.4, 0.5) is 5.82 Å². The van der Waals surface area contributed by atoms with Crippen molar-refractivity contribution in [3.05, 3.63) is 47.1 Å². The molecule has 2 heterocycles. The molecule has 0 unspecified atom stereocenters. The summed E-state index contributed by atoms with van der Waals surface area (Å²) in [6, 6.07) is 7.31. The minimum atomic E-state index is 0.476. The van der Waals surface area contributed by atoms with Gasteiger partial charge < -0.3 is 5.32 Å². The van der Waals surface area contributed by atoms with E-state index in [-0.39, 0.29) is 0 Å². The predicted octanol–water partition coefficient (Wildman–Crippen LogP) is 2.45. The van der Waals surface area contributed by atoms with Crippen molar-refractivity contribution in [1.82, 2.24) is 15.0 Å². The van der Waals surface area contributed by atoms with E-state index in [0.717, 1.165) is 17.3 Å². The monoisotopic (exact) mass is 234 g/mol. The van der Waals surface area contributed by atoms with Gasteiger partial charge in [-0.05, 0) is 25.1 Å². The summed E-state index contributed by atoms with van der Waals surface area (Å²) in [6.45, 7) is 2.47. The van der Waals surface area contributed by atoms with Crippen LogP contribution in [0.15, 0.2) is 30.5 Å². The lowest BCUT2D eigenvalue weighted by atomic mass is 10.4. The summed E-state index contributed by atoms with van der Waals surface area (Å²) in [4.78, 5) is 12.4. The molecular formula is C11H11ClN4. The van der Waals surface area contributed by atoms with Crippen LogP contribution in [-0.2, 0) is 6.54 Å². The Morgan fingerprint density at radius 3 is 2.88 bits per heavy atom. The summed E-state index contributed by atoms with van der Waals surface area (Å²) >= 11 is 5.78. The molecule has 0 aromatic carbocycles. The Labute approximate surface area is 98.7 Å². The molecule has 2 rings (SSSR count). The molecular weight excluding hydrogens is 224 g/mol. The van der Waals surface area contributed by atoms with Gasteiger partial charge in [0.25, 0.3) is 0 Å². The quantitative estimate of drug-likeness (QED) is 0.829. The second kappa shape index (κ2) is 4.90. The minimum Gasteiger partial charge on any atom is -0.364 e. The fourth-order valence-electron chi connectivity index (χ4n) is 1.29. The topological polar surface area (TPSA) is 50.7 Å². The van der Waals surface area contributed by atoms with Crippen molar-refractivity contribution < 1.29 is 0 Å². The number of nitrogens with one attached hydrogen (secondary N) is 1. The van der Waals surface area contributed by atoms with E-state index in [1.165, 1.54) is 0 Å². The van der Waals surface area contributed by atoms with Gasteiger partial charge in [-0.25, -0.2) is 15.0 Å². The zero-order chi connectivity index (χ0) is 11.4. The lowest BCUT2D eigenvalue weighted by molar-refractivity contribution is 0.950. The molecule has 0 amide bonds. The van der Waals surface area contributed by atoms with E-state index in [4.69, 9.17) is 11.6 Å². The zero-order valence-electron chi connectivity index (χ0n) is 8.81. The van der Waals surface area contributed by atoms with E-state index in [9.17, 15) is 0 Å². The molecule has 16 heavy (non-hydrogen) atoms. The molecule has 0 radical (unpaired) electrons. The van der Waals surface area contributed by atoms with Crippen molar-refractivity contribution in [2.75, 3.05) is 5.32 Å². The maximum atomic E-state index is 5.78. The van der Waals surface area contributed by atoms with Crippen LogP contribution in [0, 0.1) is 6.92 Å². The first-order valence-electron chi connectivity index (χ1n) is 4.89. The number of hydrogen-bond donors (Lipinski definition) is 1. The Hall–Kier alpha value is -1.68. The van der Waals surface area contributed by atoms with Crippen molar-refractivity contribution in [3.8, 4) is 0 Å². The second-order valence-corrected chi connectivity index (χ2v) is 3.68. The summed E-state index contributed by atoms with van der Waals surface area (Å²) in [6.07, 6.45) is 1.74. The number of aryl methyl sites for hydroxylation is 1. The SMILES string of the molecule is Cc1nccc(CNc2cccc(Cl)n2)n1. The van der Waals surface area contributed by atoms with Crippen LogP contribution in [0.1, 0.15) is 11.5 Å². The van der Waals surface area contributed by atoms with Crippen molar-refractivity contribution in [1.29, 1.82) is 0 Å². The van der Waals surface area contributed by atoms with Gasteiger partial charge in [0.1, 0.15) is 16.8 Å². The number of aromatic nitrogens is 3. The molecule has 0 bridgehead atoms. The van der Waals surface area contributed by atoms with Gasteiger partial charge >= 0.3 is 0 Å². The first-order chi connectivity index (χ1) is 7.74. The fraction of sp³-hybridized carbons (Fsp3) is 0.182. The Kier molecular flexibility index (Phi) is 3.31. The summed E-state index contributed by atoms with van der Waals surface area (Å²) in [7, 11) is 0. The van der Waals surface area contributed by atoms with Crippen molar-refractivity contribution in [2.24, 2.45) is 0 Å². The van der Waals surface area contributed by atoms with Crippen LogP contribution >= 0.6 is 11.6 Å². The summed E-state index contributed by atoms with van der Waals surface area (Å²) in [5.41, 5.74) is 0.925. The highest BCUT2D eigenvalue weighted by molar-refractivity contribution is 6.29. The Morgan fingerprint density at radius 2 is 2.12 bits per heavy atom. The molecule has 0 fully saturated rings. The molecule has 2 aromatic heterocycles. The van der Waals surface area contributed by atoms with E-state index in [2.05, 4.69) is 20.3 Å². The third-order valence-electron chi connectivity index (χ3n) is 2.00. The van der Waals surface area contributed by atoms with Crippen LogP contribution in [0.5, 0.6) is 0 Å². The molecule has 0 saturated carbocycles. The smallest absolute Gasteiger partial charge is 0.131 e. The van der Waals surface area contributed by atoms with Gasteiger partial charge in [0.2, 0.25) is 0 Å². The maximum absolute atomic E-state index is 5.78. The van der Waals surface area contributed by atoms with Gasteiger partial charge in [0.15, 0.2) is 0 Å². The van der Waals surface area contributed by atoms with E-state index in [1.54, 1.807) is 12.3 Å². The van der Waals surface area contributed by atoms with E-state index in [0.29, 0.717) is 11.7 Å². The summed E-state index contributed by atoms with van der Waals surface area (Å²) in [5.74, 6) is 1.50. The molecule has 0 aliphatic rings. The number of nitrogens with zero attached hydrogens (tertiary/aromatic N) is 3. The third kappa shape index (κ3) is 2.90. The number of halogens is 1. The average molecular weight is 235 g/mol. The van der Waals surface area contributed by atoms with Crippen molar-refractivity contribution >= 4 is 17.4 Å². The number of hydrogen-bond acceptors (Lipinski definition) is 4. The van der Waals surface area contributed by atoms with Gasteiger partial charge in [0.05, 0.1) is 12.2 Å². The van der Waals surface area contributed by atoms with Gasteiger partial charge in [-0.2, -0.15) is 0 Å². The van der Waals surface area contributed by atoms with Crippen LogP contribution in [-0.4, -0.2) is 15.0 Å². The standard InChI is InChI=1S/C11H11ClN4/c1-8-13-6-5-9(15-8)7-14-11-4-2-3-10(12)16-11/h2-6H,7H2,1H3,(H,14,16). The number of pyridine rings is 1. The average Bonchev–Trinajstić information content (AvgIpc) is 2.27. The van der Waals surface area contributed by atoms with E-state index >= 15 is 0 Å². The number of anilines is 1. The second-order valence-electron chi connectivity index (χ2n) is 3.29. The predicted molar refractivity (Wildman–Crippen MR) is 63.3 cm³/mol.